The van der Waals surface area contributed by atoms with E-state index < -0.39 is 11.8 Å². The number of halogens is 1. The summed E-state index contributed by atoms with van der Waals surface area (Å²) in [5.41, 5.74) is 7.51. The molecule has 0 aromatic carbocycles. The van der Waals surface area contributed by atoms with Crippen LogP contribution in [0, 0.1) is 11.3 Å². The number of thiophene rings is 1. The van der Waals surface area contributed by atoms with Gasteiger partial charge in [-0.1, -0.05) is 32.4 Å². The predicted octanol–water partition coefficient (Wildman–Crippen LogP) is 4.30. The van der Waals surface area contributed by atoms with Gasteiger partial charge < -0.3 is 11.1 Å². The molecule has 26 heavy (non-hydrogen) atoms. The molecular weight excluding hydrogens is 370 g/mol. The molecule has 2 aromatic heterocycles. The Balaban J connectivity index is 1.94. The molecule has 7 heteroatoms. The molecule has 0 saturated heterocycles. The van der Waals surface area contributed by atoms with Gasteiger partial charge in [-0.15, -0.1) is 11.3 Å². The van der Waals surface area contributed by atoms with Gasteiger partial charge in [0.15, 0.2) is 0 Å². The summed E-state index contributed by atoms with van der Waals surface area (Å²) >= 11 is 7.44. The number of fused-ring (bicyclic) bond motifs is 1. The van der Waals surface area contributed by atoms with Gasteiger partial charge in [0.1, 0.15) is 10.2 Å². The molecule has 1 atom stereocenters. The summed E-state index contributed by atoms with van der Waals surface area (Å²) in [7, 11) is 0. The molecule has 1 aliphatic carbocycles. The van der Waals surface area contributed by atoms with Gasteiger partial charge in [0, 0.05) is 11.1 Å². The summed E-state index contributed by atoms with van der Waals surface area (Å²) in [5.74, 6) is -0.369. The molecule has 0 spiro atoms. The highest BCUT2D eigenvalue weighted by Crippen LogP contribution is 2.44. The molecule has 138 valence electrons. The second-order valence-corrected chi connectivity index (χ2v) is 9.14. The van der Waals surface area contributed by atoms with E-state index >= 15 is 0 Å². The van der Waals surface area contributed by atoms with Crippen molar-refractivity contribution < 1.29 is 9.59 Å². The van der Waals surface area contributed by atoms with E-state index in [0.29, 0.717) is 16.5 Å². The van der Waals surface area contributed by atoms with E-state index in [2.05, 4.69) is 31.1 Å². The number of amides is 2. The van der Waals surface area contributed by atoms with Gasteiger partial charge in [0.05, 0.1) is 11.1 Å². The van der Waals surface area contributed by atoms with Crippen LogP contribution >= 0.6 is 22.9 Å². The average Bonchev–Trinajstić information content (AvgIpc) is 2.91. The molecule has 1 unspecified atom stereocenters. The van der Waals surface area contributed by atoms with Crippen molar-refractivity contribution >= 4 is 39.8 Å². The molecule has 0 bridgehead atoms. The number of carbonyl (C=O) groups excluding carboxylic acids is 2. The first-order valence-electron chi connectivity index (χ1n) is 8.54. The number of pyridine rings is 1. The van der Waals surface area contributed by atoms with E-state index in [4.69, 9.17) is 17.3 Å². The van der Waals surface area contributed by atoms with Crippen molar-refractivity contribution in [1.29, 1.82) is 0 Å². The van der Waals surface area contributed by atoms with Crippen molar-refractivity contribution in [2.24, 2.45) is 17.1 Å². The van der Waals surface area contributed by atoms with Crippen molar-refractivity contribution in [1.82, 2.24) is 4.98 Å². The van der Waals surface area contributed by atoms with Crippen LogP contribution in [0.25, 0.3) is 0 Å². The van der Waals surface area contributed by atoms with Crippen molar-refractivity contribution in [3.05, 3.63) is 45.1 Å². The van der Waals surface area contributed by atoms with E-state index in [9.17, 15) is 9.59 Å². The Morgan fingerprint density at radius 2 is 2.12 bits per heavy atom. The Morgan fingerprint density at radius 1 is 1.38 bits per heavy atom. The molecule has 0 fully saturated rings. The number of anilines is 1. The van der Waals surface area contributed by atoms with Crippen molar-refractivity contribution in [2.45, 2.75) is 40.0 Å². The molecule has 3 rings (SSSR count). The highest BCUT2D eigenvalue weighted by Gasteiger charge is 2.33. The van der Waals surface area contributed by atoms with Gasteiger partial charge >= 0.3 is 0 Å². The summed E-state index contributed by atoms with van der Waals surface area (Å²) in [6.45, 7) is 6.70. The lowest BCUT2D eigenvalue weighted by Gasteiger charge is -2.33. The van der Waals surface area contributed by atoms with Crippen molar-refractivity contribution in [2.75, 3.05) is 5.32 Å². The standard InChI is InChI=1S/C19H22ClN3O2S/c1-19(2,3)10-6-7-11-13(9-10)26-18(14(11)16(21)24)23-17(25)12-5-4-8-22-15(12)20/h4-5,8,10H,6-7,9H2,1-3H3,(H2,21,24)(H,23,25). The van der Waals surface area contributed by atoms with Crippen LogP contribution < -0.4 is 11.1 Å². The number of hydrogen-bond acceptors (Lipinski definition) is 4. The highest BCUT2D eigenvalue weighted by atomic mass is 35.5. The number of nitrogens with one attached hydrogen (secondary N) is 1. The molecule has 0 aliphatic heterocycles. The van der Waals surface area contributed by atoms with E-state index in [1.54, 1.807) is 12.1 Å². The van der Waals surface area contributed by atoms with Crippen molar-refractivity contribution in [3.63, 3.8) is 0 Å². The van der Waals surface area contributed by atoms with Crippen molar-refractivity contribution in [3.8, 4) is 0 Å². The predicted molar refractivity (Wildman–Crippen MR) is 105 cm³/mol. The lowest BCUT2D eigenvalue weighted by molar-refractivity contribution is 0.1000. The summed E-state index contributed by atoms with van der Waals surface area (Å²) in [6, 6.07) is 3.24. The number of nitrogens with two attached hydrogens (primary N) is 1. The molecular formula is C19H22ClN3O2S. The fourth-order valence-electron chi connectivity index (χ4n) is 3.40. The van der Waals surface area contributed by atoms with Crippen LogP contribution in [0.15, 0.2) is 18.3 Å². The number of aromatic nitrogens is 1. The third-order valence-corrected chi connectivity index (χ3v) is 6.44. The minimum Gasteiger partial charge on any atom is -0.365 e. The van der Waals surface area contributed by atoms with E-state index in [1.165, 1.54) is 17.5 Å². The minimum atomic E-state index is -0.510. The second kappa shape index (κ2) is 7.00. The smallest absolute Gasteiger partial charge is 0.259 e. The first-order valence-corrected chi connectivity index (χ1v) is 9.74. The molecule has 0 saturated carbocycles. The SMILES string of the molecule is CC(C)(C)C1CCc2c(sc(NC(=O)c3cccnc3Cl)c2C(N)=O)C1. The fraction of sp³-hybridized carbons (Fsp3) is 0.421. The van der Waals surface area contributed by atoms with E-state index in [1.807, 2.05) is 0 Å². The maximum Gasteiger partial charge on any atom is 0.259 e. The Hall–Kier alpha value is -1.92. The van der Waals surface area contributed by atoms with Crippen LogP contribution in [-0.4, -0.2) is 16.8 Å². The molecule has 2 heterocycles. The number of primary amides is 1. The van der Waals surface area contributed by atoms with Crippen LogP contribution in [0.3, 0.4) is 0 Å². The molecule has 0 radical (unpaired) electrons. The van der Waals surface area contributed by atoms with Crippen LogP contribution in [0.1, 0.15) is 58.3 Å². The fourth-order valence-corrected chi connectivity index (χ4v) is 4.93. The monoisotopic (exact) mass is 391 g/mol. The number of hydrogen-bond donors (Lipinski definition) is 2. The minimum absolute atomic E-state index is 0.125. The lowest BCUT2D eigenvalue weighted by atomic mass is 9.72. The summed E-state index contributed by atoms with van der Waals surface area (Å²) in [4.78, 5) is 29.7. The summed E-state index contributed by atoms with van der Waals surface area (Å²) < 4.78 is 0. The lowest BCUT2D eigenvalue weighted by Crippen LogP contribution is -2.27. The third-order valence-electron chi connectivity index (χ3n) is 4.97. The quantitative estimate of drug-likeness (QED) is 0.765. The molecule has 2 aromatic rings. The maximum absolute atomic E-state index is 12.6. The first-order chi connectivity index (χ1) is 12.2. The van der Waals surface area contributed by atoms with Gasteiger partial charge in [-0.2, -0.15) is 0 Å². The first kappa shape index (κ1) is 18.9. The number of rotatable bonds is 3. The normalized spacial score (nSPS) is 16.8. The maximum atomic E-state index is 12.6. The average molecular weight is 392 g/mol. The number of nitrogens with zero attached hydrogens (tertiary/aromatic N) is 1. The Labute approximate surface area is 162 Å². The second-order valence-electron chi connectivity index (χ2n) is 7.67. The van der Waals surface area contributed by atoms with Crippen LogP contribution in [0.4, 0.5) is 5.00 Å². The zero-order chi connectivity index (χ0) is 19.1. The Kier molecular flexibility index (Phi) is 5.08. The van der Waals surface area contributed by atoms with Crippen LogP contribution in [-0.2, 0) is 12.8 Å². The Morgan fingerprint density at radius 3 is 2.73 bits per heavy atom. The largest absolute Gasteiger partial charge is 0.365 e. The van der Waals surface area contributed by atoms with Crippen LogP contribution in [0.5, 0.6) is 0 Å². The van der Waals surface area contributed by atoms with Gasteiger partial charge in [-0.3, -0.25) is 9.59 Å². The molecule has 2 amide bonds. The topological polar surface area (TPSA) is 85.1 Å². The highest BCUT2D eigenvalue weighted by molar-refractivity contribution is 7.17. The zero-order valence-electron chi connectivity index (χ0n) is 15.1. The number of carbonyl (C=O) groups is 2. The van der Waals surface area contributed by atoms with Gasteiger partial charge in [-0.25, -0.2) is 4.98 Å². The zero-order valence-corrected chi connectivity index (χ0v) is 16.6. The van der Waals surface area contributed by atoms with Crippen LogP contribution in [0.2, 0.25) is 5.15 Å². The van der Waals surface area contributed by atoms with Gasteiger partial charge in [-0.05, 0) is 48.3 Å². The summed E-state index contributed by atoms with van der Waals surface area (Å²) in [5, 5.41) is 3.44. The Bertz CT molecular complexity index is 870. The molecule has 1 aliphatic rings. The van der Waals surface area contributed by atoms with E-state index in [-0.39, 0.29) is 16.1 Å². The molecule has 5 nitrogen and oxygen atoms in total. The van der Waals surface area contributed by atoms with Gasteiger partial charge in [0.2, 0.25) is 0 Å². The van der Waals surface area contributed by atoms with E-state index in [0.717, 1.165) is 29.7 Å². The summed E-state index contributed by atoms with van der Waals surface area (Å²) in [6.07, 6.45) is 4.22. The molecule has 3 N–H and O–H groups in total. The van der Waals surface area contributed by atoms with Gasteiger partial charge in [0.25, 0.3) is 11.8 Å². The third kappa shape index (κ3) is 3.62.